The third-order valence-corrected chi connectivity index (χ3v) is 6.93. The number of rotatable bonds is 5. The first-order chi connectivity index (χ1) is 15.1. The van der Waals surface area contributed by atoms with Crippen LogP contribution in [0.15, 0.2) is 36.5 Å². The molecule has 2 aliphatic heterocycles. The van der Waals surface area contributed by atoms with Crippen LogP contribution in [0.1, 0.15) is 36.4 Å². The zero-order chi connectivity index (χ0) is 22.9. The van der Waals surface area contributed by atoms with E-state index in [1.165, 1.54) is 9.37 Å². The molecule has 1 aromatic heterocycles. The fourth-order valence-electron chi connectivity index (χ4n) is 3.98. The fourth-order valence-corrected chi connectivity index (χ4v) is 4.85. The summed E-state index contributed by atoms with van der Waals surface area (Å²) in [5.74, 6) is -0.289. The van der Waals surface area contributed by atoms with Crippen LogP contribution in [0.4, 0.5) is 24.9 Å². The van der Waals surface area contributed by atoms with Gasteiger partial charge in [-0.05, 0) is 18.4 Å². The molecule has 12 heteroatoms. The van der Waals surface area contributed by atoms with E-state index in [1.807, 2.05) is 30.3 Å². The number of hydroxylamine groups is 1. The lowest BCUT2D eigenvalue weighted by atomic mass is 10.0. The fraction of sp³-hybridized carbons (Fsp3) is 0.500. The number of hydrogen-bond acceptors (Lipinski definition) is 7. The van der Waals surface area contributed by atoms with E-state index in [0.717, 1.165) is 18.0 Å². The number of sulfonamides is 1. The molecule has 2 aromatic rings. The van der Waals surface area contributed by atoms with Gasteiger partial charge in [-0.1, -0.05) is 30.3 Å². The molecule has 2 fully saturated rings. The summed E-state index contributed by atoms with van der Waals surface area (Å²) in [6.45, 7) is 0.929. The number of piperidine rings is 1. The van der Waals surface area contributed by atoms with Crippen LogP contribution in [-0.2, 0) is 21.0 Å². The third kappa shape index (κ3) is 4.97. The number of nitrogens with one attached hydrogen (secondary N) is 1. The van der Waals surface area contributed by atoms with Crippen LogP contribution in [0.3, 0.4) is 0 Å². The van der Waals surface area contributed by atoms with Crippen LogP contribution in [-0.4, -0.2) is 54.7 Å². The molecule has 2 saturated heterocycles. The second-order valence-corrected chi connectivity index (χ2v) is 9.87. The molecule has 0 radical (unpaired) electrons. The Kier molecular flexibility index (Phi) is 6.28. The molecule has 1 atom stereocenters. The van der Waals surface area contributed by atoms with Crippen LogP contribution >= 0.6 is 0 Å². The minimum Gasteiger partial charge on any atom is -0.351 e. The zero-order valence-electron chi connectivity index (χ0n) is 17.4. The number of alkyl halides is 3. The average molecular weight is 472 g/mol. The van der Waals surface area contributed by atoms with E-state index in [4.69, 9.17) is 4.84 Å². The Morgan fingerprint density at radius 3 is 2.44 bits per heavy atom. The molecule has 0 bridgehead atoms. The van der Waals surface area contributed by atoms with Gasteiger partial charge in [-0.25, -0.2) is 22.8 Å². The summed E-state index contributed by atoms with van der Waals surface area (Å²) in [5.41, 5.74) is -0.142. The van der Waals surface area contributed by atoms with Crippen LogP contribution in [0.25, 0.3) is 0 Å². The first-order valence-corrected chi connectivity index (χ1v) is 12.1. The third-order valence-electron chi connectivity index (χ3n) is 5.63. The molecule has 4 rings (SSSR count). The summed E-state index contributed by atoms with van der Waals surface area (Å²) >= 11 is 0. The number of nitrogens with zero attached hydrogens (tertiary/aromatic N) is 4. The van der Waals surface area contributed by atoms with Gasteiger partial charge in [-0.15, -0.1) is 0 Å². The van der Waals surface area contributed by atoms with Crippen LogP contribution in [0, 0.1) is 0 Å². The minimum absolute atomic E-state index is 0.0492. The Hall–Kier alpha value is -2.44. The Labute approximate surface area is 184 Å². The van der Waals surface area contributed by atoms with Crippen molar-refractivity contribution in [1.29, 1.82) is 0 Å². The highest BCUT2D eigenvalue weighted by Crippen LogP contribution is 2.41. The molecule has 0 aliphatic carbocycles. The van der Waals surface area contributed by atoms with Gasteiger partial charge >= 0.3 is 6.18 Å². The molecule has 8 nitrogen and oxygen atoms in total. The smallest absolute Gasteiger partial charge is 0.351 e. The van der Waals surface area contributed by atoms with E-state index >= 15 is 0 Å². The standard InChI is InChI=1S/C20H24F3N5O3S/c1-32(29,30)27-10-7-15(8-11-27)25-19-24-13-16(20(21,22)23)18(26-19)28-17(9-12-31-28)14-5-3-2-4-6-14/h2-6,13,15,17H,7-12H2,1H3,(H,24,25,26). The highest BCUT2D eigenvalue weighted by atomic mass is 32.2. The van der Waals surface area contributed by atoms with Gasteiger partial charge in [0.05, 0.1) is 18.9 Å². The van der Waals surface area contributed by atoms with E-state index in [9.17, 15) is 21.6 Å². The number of halogens is 3. The van der Waals surface area contributed by atoms with E-state index < -0.39 is 27.8 Å². The SMILES string of the molecule is CS(=O)(=O)N1CCC(Nc2ncc(C(F)(F)F)c(N3OCCC3c3ccccc3)n2)CC1. The van der Waals surface area contributed by atoms with Gasteiger partial charge in [0.25, 0.3) is 0 Å². The Morgan fingerprint density at radius 1 is 1.12 bits per heavy atom. The summed E-state index contributed by atoms with van der Waals surface area (Å²) in [5, 5.41) is 4.28. The number of aromatic nitrogens is 2. The average Bonchev–Trinajstić information content (AvgIpc) is 3.23. The topological polar surface area (TPSA) is 87.7 Å². The van der Waals surface area contributed by atoms with Gasteiger partial charge in [0.2, 0.25) is 16.0 Å². The summed E-state index contributed by atoms with van der Waals surface area (Å²) in [4.78, 5) is 13.6. The predicted octanol–water partition coefficient (Wildman–Crippen LogP) is 3.21. The minimum atomic E-state index is -4.65. The molecule has 1 N–H and O–H groups in total. The molecular weight excluding hydrogens is 447 g/mol. The first-order valence-electron chi connectivity index (χ1n) is 10.3. The zero-order valence-corrected chi connectivity index (χ0v) is 18.2. The van der Waals surface area contributed by atoms with Gasteiger partial charge in [-0.2, -0.15) is 18.2 Å². The van der Waals surface area contributed by atoms with Gasteiger partial charge in [0, 0.05) is 31.7 Å². The van der Waals surface area contributed by atoms with Crippen molar-refractivity contribution >= 4 is 21.8 Å². The number of hydrogen-bond donors (Lipinski definition) is 1. The normalized spacial score (nSPS) is 21.1. The van der Waals surface area contributed by atoms with Crippen LogP contribution < -0.4 is 10.4 Å². The van der Waals surface area contributed by atoms with E-state index in [2.05, 4.69) is 15.3 Å². The largest absolute Gasteiger partial charge is 0.421 e. The predicted molar refractivity (Wildman–Crippen MR) is 112 cm³/mol. The highest BCUT2D eigenvalue weighted by molar-refractivity contribution is 7.88. The van der Waals surface area contributed by atoms with Crippen LogP contribution in [0.2, 0.25) is 0 Å². The summed E-state index contributed by atoms with van der Waals surface area (Å²) in [6.07, 6.45) is -1.20. The molecule has 1 unspecified atom stereocenters. The summed E-state index contributed by atoms with van der Waals surface area (Å²) in [7, 11) is -3.27. The molecule has 0 spiro atoms. The summed E-state index contributed by atoms with van der Waals surface area (Å²) < 4.78 is 65.9. The van der Waals surface area contributed by atoms with Gasteiger partial charge < -0.3 is 5.32 Å². The molecule has 0 amide bonds. The maximum Gasteiger partial charge on any atom is 0.421 e. The molecule has 2 aliphatic rings. The van der Waals surface area contributed by atoms with Gasteiger partial charge in [0.1, 0.15) is 5.56 Å². The van der Waals surface area contributed by atoms with Crippen molar-refractivity contribution in [2.75, 3.05) is 36.3 Å². The van der Waals surface area contributed by atoms with Crippen molar-refractivity contribution in [3.8, 4) is 0 Å². The lowest BCUT2D eigenvalue weighted by Crippen LogP contribution is -2.42. The van der Waals surface area contributed by atoms with Crippen molar-refractivity contribution in [3.05, 3.63) is 47.7 Å². The highest BCUT2D eigenvalue weighted by Gasteiger charge is 2.40. The Bertz CT molecular complexity index is 1040. The lowest BCUT2D eigenvalue weighted by Gasteiger charge is -2.31. The lowest BCUT2D eigenvalue weighted by molar-refractivity contribution is -0.138. The first kappa shape index (κ1) is 22.7. The quantitative estimate of drug-likeness (QED) is 0.717. The van der Waals surface area contributed by atoms with E-state index in [0.29, 0.717) is 32.4 Å². The van der Waals surface area contributed by atoms with Crippen LogP contribution in [0.5, 0.6) is 0 Å². The van der Waals surface area contributed by atoms with Gasteiger partial charge in [-0.3, -0.25) is 4.84 Å². The van der Waals surface area contributed by atoms with E-state index in [-0.39, 0.29) is 24.4 Å². The molecule has 174 valence electrons. The molecular formula is C20H24F3N5O3S. The second kappa shape index (κ2) is 8.83. The molecule has 32 heavy (non-hydrogen) atoms. The van der Waals surface area contributed by atoms with E-state index in [1.54, 1.807) is 0 Å². The van der Waals surface area contributed by atoms with Crippen molar-refractivity contribution in [3.63, 3.8) is 0 Å². The second-order valence-electron chi connectivity index (χ2n) is 7.88. The summed E-state index contributed by atoms with van der Waals surface area (Å²) in [6, 6.07) is 8.62. The molecule has 1 aromatic carbocycles. The van der Waals surface area contributed by atoms with Crippen molar-refractivity contribution in [2.45, 2.75) is 37.5 Å². The maximum absolute atomic E-state index is 13.7. The van der Waals surface area contributed by atoms with Crippen molar-refractivity contribution < 1.29 is 26.4 Å². The number of anilines is 2. The van der Waals surface area contributed by atoms with Crippen molar-refractivity contribution in [1.82, 2.24) is 14.3 Å². The van der Waals surface area contributed by atoms with Crippen molar-refractivity contribution in [2.24, 2.45) is 0 Å². The van der Waals surface area contributed by atoms with Gasteiger partial charge in [0.15, 0.2) is 5.82 Å². The Balaban J connectivity index is 1.58. The molecule has 0 saturated carbocycles. The molecule has 3 heterocycles. The monoisotopic (exact) mass is 471 g/mol. The maximum atomic E-state index is 13.7. The Morgan fingerprint density at radius 2 is 1.81 bits per heavy atom. The number of benzene rings is 1.